The average molecular weight is 399 g/mol. The van der Waals surface area contributed by atoms with Gasteiger partial charge in [0.05, 0.1) is 6.20 Å². The number of pyridine rings is 1. The van der Waals surface area contributed by atoms with Crippen molar-refractivity contribution in [3.63, 3.8) is 0 Å². The van der Waals surface area contributed by atoms with Crippen molar-refractivity contribution in [3.05, 3.63) is 54.8 Å². The molecule has 0 aliphatic carbocycles. The standard InChI is InChI=1S/C21H21N9/c1-3-21-7-5-10-29(21)18-16(30-14(2)26-27-19(21)30)13-24-20(25-18)28-11-9-23-17(28)15-6-4-8-22-12-15/h4,6,8-9,11-13H,3,5,7,10H2,1-2H3/t21-/m0/s1. The molecule has 0 N–H and O–H groups in total. The van der Waals surface area contributed by atoms with Gasteiger partial charge in [-0.1, -0.05) is 6.92 Å². The Morgan fingerprint density at radius 3 is 2.90 bits per heavy atom. The molecule has 0 bridgehead atoms. The molecule has 6 heterocycles. The van der Waals surface area contributed by atoms with Crippen LogP contribution in [0.25, 0.3) is 23.0 Å². The Labute approximate surface area is 173 Å². The fourth-order valence-electron chi connectivity index (χ4n) is 4.90. The van der Waals surface area contributed by atoms with Crippen LogP contribution in [-0.4, -0.2) is 45.8 Å². The van der Waals surface area contributed by atoms with Crippen molar-refractivity contribution in [1.82, 2.24) is 39.3 Å². The highest BCUT2D eigenvalue weighted by atomic mass is 15.4. The second-order valence-corrected chi connectivity index (χ2v) is 7.79. The van der Waals surface area contributed by atoms with Crippen molar-refractivity contribution >= 4 is 5.82 Å². The fraction of sp³-hybridized carbons (Fsp3) is 0.333. The van der Waals surface area contributed by atoms with Crippen LogP contribution < -0.4 is 4.90 Å². The molecule has 0 unspecified atom stereocenters. The molecule has 1 atom stereocenters. The maximum atomic E-state index is 5.04. The summed E-state index contributed by atoms with van der Waals surface area (Å²) in [6, 6.07) is 3.89. The fourth-order valence-corrected chi connectivity index (χ4v) is 4.90. The lowest BCUT2D eigenvalue weighted by molar-refractivity contribution is 0.381. The first-order chi connectivity index (χ1) is 14.7. The van der Waals surface area contributed by atoms with E-state index >= 15 is 0 Å². The van der Waals surface area contributed by atoms with Gasteiger partial charge in [0.2, 0.25) is 5.95 Å². The van der Waals surface area contributed by atoms with Gasteiger partial charge >= 0.3 is 0 Å². The Balaban J connectivity index is 1.55. The normalized spacial score (nSPS) is 19.5. The first-order valence-electron chi connectivity index (χ1n) is 10.2. The van der Waals surface area contributed by atoms with Crippen LogP contribution in [-0.2, 0) is 5.54 Å². The highest BCUT2D eigenvalue weighted by Crippen LogP contribution is 2.49. The van der Waals surface area contributed by atoms with E-state index in [1.807, 2.05) is 36.0 Å². The summed E-state index contributed by atoms with van der Waals surface area (Å²) in [4.78, 5) is 20.9. The third kappa shape index (κ3) is 2.17. The quantitative estimate of drug-likeness (QED) is 0.523. The Hall–Kier alpha value is -3.62. The van der Waals surface area contributed by atoms with Crippen molar-refractivity contribution in [2.24, 2.45) is 0 Å². The minimum Gasteiger partial charge on any atom is -0.342 e. The highest BCUT2D eigenvalue weighted by Gasteiger charge is 2.50. The molecule has 0 aromatic carbocycles. The minimum absolute atomic E-state index is 0.166. The van der Waals surface area contributed by atoms with Crippen LogP contribution in [0.5, 0.6) is 0 Å². The van der Waals surface area contributed by atoms with E-state index in [1.54, 1.807) is 18.6 Å². The average Bonchev–Trinajstić information content (AvgIpc) is 3.52. The van der Waals surface area contributed by atoms with E-state index in [4.69, 9.17) is 9.97 Å². The Morgan fingerprint density at radius 1 is 1.13 bits per heavy atom. The van der Waals surface area contributed by atoms with Crippen LogP contribution in [0.2, 0.25) is 0 Å². The molecule has 0 amide bonds. The van der Waals surface area contributed by atoms with E-state index in [9.17, 15) is 0 Å². The zero-order valence-corrected chi connectivity index (χ0v) is 16.9. The molecule has 4 aromatic rings. The maximum absolute atomic E-state index is 5.04. The molecule has 1 saturated heterocycles. The van der Waals surface area contributed by atoms with Crippen LogP contribution in [0, 0.1) is 6.92 Å². The third-order valence-electron chi connectivity index (χ3n) is 6.32. The van der Waals surface area contributed by atoms with Gasteiger partial charge in [0.15, 0.2) is 11.6 Å². The molecule has 4 aromatic heterocycles. The number of fused-ring (bicyclic) bond motifs is 6. The second-order valence-electron chi connectivity index (χ2n) is 7.79. The Kier molecular flexibility index (Phi) is 3.56. The smallest absolute Gasteiger partial charge is 0.237 e. The SMILES string of the molecule is CC[C@@]12CCCN1c1nc(-n3ccnc3-c3cccnc3)ncc1-n1c(C)nnc12. The maximum Gasteiger partial charge on any atom is 0.237 e. The molecule has 2 aliphatic rings. The first-order valence-corrected chi connectivity index (χ1v) is 10.2. The van der Waals surface area contributed by atoms with Gasteiger partial charge in [0.25, 0.3) is 0 Å². The van der Waals surface area contributed by atoms with Gasteiger partial charge in [-0.05, 0) is 38.3 Å². The summed E-state index contributed by atoms with van der Waals surface area (Å²) >= 11 is 0. The number of aryl methyl sites for hydroxylation is 1. The lowest BCUT2D eigenvalue weighted by atomic mass is 9.90. The lowest BCUT2D eigenvalue weighted by Crippen LogP contribution is -2.47. The molecule has 9 nitrogen and oxygen atoms in total. The summed E-state index contributed by atoms with van der Waals surface area (Å²) in [6.07, 6.45) is 12.2. The van der Waals surface area contributed by atoms with Gasteiger partial charge in [0.1, 0.15) is 22.9 Å². The van der Waals surface area contributed by atoms with Crippen molar-refractivity contribution in [2.45, 2.75) is 38.6 Å². The van der Waals surface area contributed by atoms with Crippen molar-refractivity contribution in [1.29, 1.82) is 0 Å². The number of hydrogen-bond acceptors (Lipinski definition) is 7. The Morgan fingerprint density at radius 2 is 2.07 bits per heavy atom. The molecular formula is C21H21N9. The molecule has 6 rings (SSSR count). The number of rotatable bonds is 3. The number of anilines is 1. The molecule has 0 radical (unpaired) electrons. The molecule has 2 aliphatic heterocycles. The zero-order valence-electron chi connectivity index (χ0n) is 16.9. The summed E-state index contributed by atoms with van der Waals surface area (Å²) < 4.78 is 4.04. The van der Waals surface area contributed by atoms with Crippen LogP contribution in [0.15, 0.2) is 43.1 Å². The number of aromatic nitrogens is 8. The van der Waals surface area contributed by atoms with Gasteiger partial charge < -0.3 is 4.90 Å². The zero-order chi connectivity index (χ0) is 20.3. The van der Waals surface area contributed by atoms with Crippen molar-refractivity contribution in [3.8, 4) is 23.0 Å². The monoisotopic (exact) mass is 399 g/mol. The van der Waals surface area contributed by atoms with Crippen LogP contribution in [0.3, 0.4) is 0 Å². The van der Waals surface area contributed by atoms with Gasteiger partial charge in [-0.3, -0.25) is 14.1 Å². The summed E-state index contributed by atoms with van der Waals surface area (Å²) in [5.74, 6) is 4.16. The van der Waals surface area contributed by atoms with E-state index in [-0.39, 0.29) is 5.54 Å². The predicted octanol–water partition coefficient (Wildman–Crippen LogP) is 2.83. The third-order valence-corrected chi connectivity index (χ3v) is 6.32. The predicted molar refractivity (Wildman–Crippen MR) is 111 cm³/mol. The molecule has 0 spiro atoms. The van der Waals surface area contributed by atoms with Crippen molar-refractivity contribution in [2.75, 3.05) is 11.4 Å². The van der Waals surface area contributed by atoms with E-state index in [0.717, 1.165) is 60.3 Å². The van der Waals surface area contributed by atoms with E-state index in [0.29, 0.717) is 5.95 Å². The number of nitrogens with zero attached hydrogens (tertiary/aromatic N) is 9. The summed E-state index contributed by atoms with van der Waals surface area (Å²) in [5.41, 5.74) is 1.69. The number of imidazole rings is 1. The molecule has 150 valence electrons. The van der Waals surface area contributed by atoms with Gasteiger partial charge in [-0.2, -0.15) is 4.98 Å². The lowest BCUT2D eigenvalue weighted by Gasteiger charge is -2.42. The van der Waals surface area contributed by atoms with E-state index in [1.165, 1.54) is 0 Å². The highest BCUT2D eigenvalue weighted by molar-refractivity contribution is 5.65. The first kappa shape index (κ1) is 17.3. The second kappa shape index (κ2) is 6.19. The Bertz CT molecular complexity index is 1240. The van der Waals surface area contributed by atoms with Gasteiger partial charge in [0, 0.05) is 36.9 Å². The number of hydrogen-bond donors (Lipinski definition) is 0. The minimum atomic E-state index is -0.166. The molecule has 30 heavy (non-hydrogen) atoms. The molecule has 0 saturated carbocycles. The summed E-state index contributed by atoms with van der Waals surface area (Å²) in [7, 11) is 0. The van der Waals surface area contributed by atoms with E-state index in [2.05, 4.69) is 36.6 Å². The summed E-state index contributed by atoms with van der Waals surface area (Å²) in [6.45, 7) is 5.15. The molecular weight excluding hydrogens is 378 g/mol. The van der Waals surface area contributed by atoms with Gasteiger partial charge in [-0.25, -0.2) is 9.97 Å². The molecule has 9 heteroatoms. The van der Waals surface area contributed by atoms with Crippen LogP contribution >= 0.6 is 0 Å². The largest absolute Gasteiger partial charge is 0.342 e. The molecule has 1 fully saturated rings. The summed E-state index contributed by atoms with van der Waals surface area (Å²) in [5, 5.41) is 8.95. The van der Waals surface area contributed by atoms with Gasteiger partial charge in [-0.15, -0.1) is 10.2 Å². The van der Waals surface area contributed by atoms with Crippen LogP contribution in [0.1, 0.15) is 37.8 Å². The van der Waals surface area contributed by atoms with Crippen molar-refractivity contribution < 1.29 is 0 Å². The van der Waals surface area contributed by atoms with Crippen LogP contribution in [0.4, 0.5) is 5.82 Å². The topological polar surface area (TPSA) is 90.4 Å². The van der Waals surface area contributed by atoms with E-state index < -0.39 is 0 Å².